The van der Waals surface area contributed by atoms with E-state index in [4.69, 9.17) is 4.74 Å². The highest BCUT2D eigenvalue weighted by Gasteiger charge is 2.33. The predicted octanol–water partition coefficient (Wildman–Crippen LogP) is 2.05. The van der Waals surface area contributed by atoms with Crippen molar-refractivity contribution in [1.29, 1.82) is 0 Å². The first kappa shape index (κ1) is 20.9. The number of nitrogens with zero attached hydrogens (tertiary/aromatic N) is 3. The molecule has 0 amide bonds. The van der Waals surface area contributed by atoms with Crippen LogP contribution in [0.4, 0.5) is 0 Å². The lowest BCUT2D eigenvalue weighted by atomic mass is 10.0. The first-order valence-electron chi connectivity index (χ1n) is 9.52. The van der Waals surface area contributed by atoms with Crippen molar-refractivity contribution in [3.05, 3.63) is 42.1 Å². The highest BCUT2D eigenvalue weighted by atomic mass is 16.5. The smallest absolute Gasteiger partial charge is 0.325 e. The van der Waals surface area contributed by atoms with Crippen molar-refractivity contribution >= 4 is 22.8 Å². The van der Waals surface area contributed by atoms with E-state index in [-0.39, 0.29) is 6.54 Å². The van der Waals surface area contributed by atoms with Crippen molar-refractivity contribution in [2.24, 2.45) is 0 Å². The molecule has 8 heteroatoms. The van der Waals surface area contributed by atoms with Crippen molar-refractivity contribution in [2.75, 3.05) is 39.8 Å². The molecule has 2 heterocycles. The van der Waals surface area contributed by atoms with Gasteiger partial charge in [0.15, 0.2) is 0 Å². The number of aliphatic carboxylic acids is 2. The summed E-state index contributed by atoms with van der Waals surface area (Å²) in [5, 5.41) is 20.0. The van der Waals surface area contributed by atoms with Gasteiger partial charge in [-0.15, -0.1) is 0 Å². The number of ether oxygens (including phenoxy) is 1. The SMILES string of the molecule is C=C(C)CN1CCN(C(C(=O)O)c2cn(CC(=O)O)c3ccc(OC)cc23)CC1. The number of piperazine rings is 1. The number of carboxylic acids is 2. The van der Waals surface area contributed by atoms with Crippen LogP contribution < -0.4 is 4.74 Å². The van der Waals surface area contributed by atoms with Crippen LogP contribution in [-0.2, 0) is 16.1 Å². The third-order valence-corrected chi connectivity index (χ3v) is 5.22. The molecule has 1 atom stereocenters. The summed E-state index contributed by atoms with van der Waals surface area (Å²) in [7, 11) is 1.55. The fraction of sp³-hybridized carbons (Fsp3) is 0.429. The highest BCUT2D eigenvalue weighted by molar-refractivity contribution is 5.91. The van der Waals surface area contributed by atoms with Crippen LogP contribution in [0.5, 0.6) is 5.75 Å². The van der Waals surface area contributed by atoms with Crippen molar-refractivity contribution in [1.82, 2.24) is 14.4 Å². The molecule has 29 heavy (non-hydrogen) atoms. The molecule has 0 aliphatic carbocycles. The summed E-state index contributed by atoms with van der Waals surface area (Å²) >= 11 is 0. The monoisotopic (exact) mass is 401 g/mol. The zero-order valence-corrected chi connectivity index (χ0v) is 16.8. The van der Waals surface area contributed by atoms with Crippen molar-refractivity contribution < 1.29 is 24.5 Å². The Bertz CT molecular complexity index is 928. The summed E-state index contributed by atoms with van der Waals surface area (Å²) in [6.45, 7) is 9.24. The van der Waals surface area contributed by atoms with Gasteiger partial charge in [0.25, 0.3) is 0 Å². The number of hydrogen-bond donors (Lipinski definition) is 2. The molecule has 0 spiro atoms. The van der Waals surface area contributed by atoms with Gasteiger partial charge < -0.3 is 19.5 Å². The van der Waals surface area contributed by atoms with E-state index in [0.29, 0.717) is 35.3 Å². The van der Waals surface area contributed by atoms with Gasteiger partial charge in [-0.25, -0.2) is 0 Å². The first-order valence-corrected chi connectivity index (χ1v) is 9.52. The van der Waals surface area contributed by atoms with Gasteiger partial charge in [0.1, 0.15) is 18.3 Å². The highest BCUT2D eigenvalue weighted by Crippen LogP contribution is 2.33. The number of carboxylic acid groups (broad SMARTS) is 2. The molecule has 8 nitrogen and oxygen atoms in total. The maximum absolute atomic E-state index is 12.3. The van der Waals surface area contributed by atoms with Crippen LogP contribution in [0.15, 0.2) is 36.5 Å². The molecule has 1 saturated heterocycles. The number of aromatic nitrogens is 1. The number of fused-ring (bicyclic) bond motifs is 1. The topological polar surface area (TPSA) is 95.2 Å². The summed E-state index contributed by atoms with van der Waals surface area (Å²) in [5.41, 5.74) is 2.34. The molecule has 3 rings (SSSR count). The van der Waals surface area contributed by atoms with Gasteiger partial charge in [0.05, 0.1) is 7.11 Å². The average Bonchev–Trinajstić information content (AvgIpc) is 2.99. The van der Waals surface area contributed by atoms with Gasteiger partial charge in [-0.05, 0) is 25.1 Å². The van der Waals surface area contributed by atoms with Crippen LogP contribution in [0.2, 0.25) is 0 Å². The zero-order chi connectivity index (χ0) is 21.1. The van der Waals surface area contributed by atoms with Gasteiger partial charge in [-0.1, -0.05) is 12.2 Å². The molecule has 2 N–H and O–H groups in total. The molecular formula is C21H27N3O5. The fourth-order valence-corrected chi connectivity index (χ4v) is 3.97. The van der Waals surface area contributed by atoms with Crippen LogP contribution in [0.25, 0.3) is 10.9 Å². The van der Waals surface area contributed by atoms with E-state index in [2.05, 4.69) is 11.5 Å². The summed E-state index contributed by atoms with van der Waals surface area (Å²) in [4.78, 5) is 27.8. The van der Waals surface area contributed by atoms with Gasteiger partial charge in [-0.3, -0.25) is 19.4 Å². The predicted molar refractivity (Wildman–Crippen MR) is 109 cm³/mol. The molecule has 0 radical (unpaired) electrons. The van der Waals surface area contributed by atoms with Crippen LogP contribution in [0.1, 0.15) is 18.5 Å². The number of benzene rings is 1. The Morgan fingerprint density at radius 1 is 1.17 bits per heavy atom. The normalized spacial score (nSPS) is 16.6. The minimum atomic E-state index is -0.982. The first-order chi connectivity index (χ1) is 13.8. The fourth-order valence-electron chi connectivity index (χ4n) is 3.97. The van der Waals surface area contributed by atoms with Crippen LogP contribution in [-0.4, -0.2) is 76.4 Å². The second-order valence-corrected chi connectivity index (χ2v) is 7.50. The zero-order valence-electron chi connectivity index (χ0n) is 16.8. The van der Waals surface area contributed by atoms with Crippen LogP contribution >= 0.6 is 0 Å². The molecule has 1 aliphatic heterocycles. The minimum absolute atomic E-state index is 0.235. The Balaban J connectivity index is 1.97. The molecule has 1 aromatic carbocycles. The number of rotatable bonds is 8. The lowest BCUT2D eigenvalue weighted by molar-refractivity contribution is -0.144. The Morgan fingerprint density at radius 2 is 1.86 bits per heavy atom. The van der Waals surface area contributed by atoms with Crippen molar-refractivity contribution in [3.8, 4) is 5.75 Å². The molecule has 2 aromatic rings. The average molecular weight is 401 g/mol. The third kappa shape index (κ3) is 4.60. The molecule has 156 valence electrons. The summed E-state index contributed by atoms with van der Waals surface area (Å²) in [6.07, 6.45) is 1.65. The van der Waals surface area contributed by atoms with Gasteiger partial charge in [-0.2, -0.15) is 0 Å². The second kappa shape index (κ2) is 8.67. The molecule has 1 aromatic heterocycles. The summed E-state index contributed by atoms with van der Waals surface area (Å²) < 4.78 is 6.89. The van der Waals surface area contributed by atoms with E-state index in [1.54, 1.807) is 36.1 Å². The van der Waals surface area contributed by atoms with Crippen molar-refractivity contribution in [3.63, 3.8) is 0 Å². The third-order valence-electron chi connectivity index (χ3n) is 5.22. The van der Waals surface area contributed by atoms with Gasteiger partial charge >= 0.3 is 11.9 Å². The Kier molecular flexibility index (Phi) is 6.24. The maximum atomic E-state index is 12.3. The number of methoxy groups -OCH3 is 1. The lowest BCUT2D eigenvalue weighted by Crippen LogP contribution is -2.49. The number of hydrogen-bond acceptors (Lipinski definition) is 5. The molecule has 1 unspecified atom stereocenters. The molecule has 1 aliphatic rings. The molecule has 0 saturated carbocycles. The Hall–Kier alpha value is -2.84. The van der Waals surface area contributed by atoms with Crippen LogP contribution in [0.3, 0.4) is 0 Å². The quantitative estimate of drug-likeness (QED) is 0.654. The van der Waals surface area contributed by atoms with E-state index in [0.717, 1.165) is 25.2 Å². The van der Waals surface area contributed by atoms with E-state index in [1.165, 1.54) is 0 Å². The van der Waals surface area contributed by atoms with E-state index in [1.807, 2.05) is 11.8 Å². The Labute approximate surface area is 169 Å². The molecular weight excluding hydrogens is 374 g/mol. The lowest BCUT2D eigenvalue weighted by Gasteiger charge is -2.37. The van der Waals surface area contributed by atoms with Crippen molar-refractivity contribution in [2.45, 2.75) is 19.5 Å². The van der Waals surface area contributed by atoms with Gasteiger partial charge in [0, 0.05) is 55.4 Å². The maximum Gasteiger partial charge on any atom is 0.325 e. The Morgan fingerprint density at radius 3 is 2.41 bits per heavy atom. The standard InChI is InChI=1S/C21H27N3O5/c1-14(2)11-22-6-8-23(9-7-22)20(21(27)28)17-12-24(13-19(25)26)18-5-4-15(29-3)10-16(17)18/h4-5,10,12,20H,1,6-9,11,13H2,2-3H3,(H,25,26)(H,27,28). The summed E-state index contributed by atoms with van der Waals surface area (Å²) in [6, 6.07) is 4.43. The van der Waals surface area contributed by atoms with Crippen LogP contribution in [0, 0.1) is 0 Å². The largest absolute Gasteiger partial charge is 0.497 e. The minimum Gasteiger partial charge on any atom is -0.497 e. The van der Waals surface area contributed by atoms with Gasteiger partial charge in [0.2, 0.25) is 0 Å². The van der Waals surface area contributed by atoms with E-state index >= 15 is 0 Å². The molecule has 0 bridgehead atoms. The molecule has 1 fully saturated rings. The second-order valence-electron chi connectivity index (χ2n) is 7.50. The number of carbonyl (C=O) groups is 2. The van der Waals surface area contributed by atoms with E-state index in [9.17, 15) is 19.8 Å². The summed E-state index contributed by atoms with van der Waals surface area (Å²) in [5.74, 6) is -1.33. The van der Waals surface area contributed by atoms with E-state index < -0.39 is 18.0 Å².